The molecule has 2 atom stereocenters. The number of amides is 2. The smallest absolute Gasteiger partial charge is 0.315 e. The van der Waals surface area contributed by atoms with Crippen molar-refractivity contribution in [2.75, 3.05) is 6.54 Å². The Bertz CT molecular complexity index is 1280. The number of carbonyl (C=O) groups is 1. The molecule has 7 nitrogen and oxygen atoms in total. The van der Waals surface area contributed by atoms with Crippen molar-refractivity contribution in [3.63, 3.8) is 0 Å². The molecule has 8 heteroatoms. The van der Waals surface area contributed by atoms with Crippen LogP contribution in [0.4, 0.5) is 4.79 Å². The second kappa shape index (κ2) is 7.70. The van der Waals surface area contributed by atoms with Crippen molar-refractivity contribution in [3.05, 3.63) is 64.9 Å². The van der Waals surface area contributed by atoms with Crippen LogP contribution in [-0.2, 0) is 12.0 Å². The second-order valence-corrected chi connectivity index (χ2v) is 9.62. The number of benzene rings is 1. The number of thiazole rings is 1. The van der Waals surface area contributed by atoms with E-state index in [2.05, 4.69) is 43.5 Å². The van der Waals surface area contributed by atoms with E-state index in [0.29, 0.717) is 6.54 Å². The molecule has 5 heterocycles. The number of pyridine rings is 1. The topological polar surface area (TPSA) is 84.7 Å². The van der Waals surface area contributed by atoms with E-state index in [1.165, 1.54) is 5.69 Å². The van der Waals surface area contributed by atoms with Crippen molar-refractivity contribution in [2.45, 2.75) is 43.7 Å². The van der Waals surface area contributed by atoms with Crippen LogP contribution in [-0.4, -0.2) is 32.3 Å². The normalized spacial score (nSPS) is 23.2. The molecule has 4 aromatic rings. The molecule has 2 aliphatic rings. The highest BCUT2D eigenvalue weighted by Crippen LogP contribution is 2.44. The summed E-state index contributed by atoms with van der Waals surface area (Å²) in [6.07, 6.45) is 7.52. The van der Waals surface area contributed by atoms with Crippen LogP contribution in [0.15, 0.2) is 54.2 Å². The quantitative estimate of drug-likeness (QED) is 0.479. The third-order valence-corrected chi connectivity index (χ3v) is 7.76. The molecule has 2 unspecified atom stereocenters. The van der Waals surface area contributed by atoms with E-state index in [-0.39, 0.29) is 17.5 Å². The van der Waals surface area contributed by atoms with Crippen LogP contribution >= 0.6 is 11.3 Å². The van der Waals surface area contributed by atoms with Gasteiger partial charge in [0.15, 0.2) is 0 Å². The van der Waals surface area contributed by atoms with Gasteiger partial charge in [-0.1, -0.05) is 18.2 Å². The molecule has 0 saturated carbocycles. The van der Waals surface area contributed by atoms with Gasteiger partial charge in [0.05, 0.1) is 17.3 Å². The zero-order chi connectivity index (χ0) is 21.5. The van der Waals surface area contributed by atoms with Gasteiger partial charge in [0, 0.05) is 52.9 Å². The SMILES string of the molecule is O=C1NCCC2(CCC(c3nccs3)N1)CCn1nc(-c3cnc4ccccc4c3)cc12. The summed E-state index contributed by atoms with van der Waals surface area (Å²) in [4.78, 5) is 21.4. The number of para-hydroxylation sites is 1. The van der Waals surface area contributed by atoms with Crippen LogP contribution in [0.2, 0.25) is 0 Å². The molecule has 1 aromatic carbocycles. The van der Waals surface area contributed by atoms with E-state index >= 15 is 0 Å². The van der Waals surface area contributed by atoms with Gasteiger partial charge in [-0.2, -0.15) is 5.10 Å². The highest BCUT2D eigenvalue weighted by molar-refractivity contribution is 7.09. The molecule has 1 fully saturated rings. The van der Waals surface area contributed by atoms with Gasteiger partial charge in [-0.25, -0.2) is 9.78 Å². The molecule has 0 aliphatic carbocycles. The third-order valence-electron chi connectivity index (χ3n) is 6.87. The molecule has 0 bridgehead atoms. The fourth-order valence-corrected chi connectivity index (χ4v) is 5.88. The summed E-state index contributed by atoms with van der Waals surface area (Å²) in [6, 6.07) is 12.4. The van der Waals surface area contributed by atoms with E-state index in [9.17, 15) is 4.79 Å². The van der Waals surface area contributed by atoms with Crippen LogP contribution in [0.5, 0.6) is 0 Å². The predicted molar refractivity (Wildman–Crippen MR) is 124 cm³/mol. The Balaban J connectivity index is 1.33. The average Bonchev–Trinajstić information content (AvgIpc) is 3.55. The van der Waals surface area contributed by atoms with Gasteiger partial charge in [0.25, 0.3) is 0 Å². The number of aromatic nitrogens is 4. The number of fused-ring (bicyclic) bond motifs is 3. The zero-order valence-corrected chi connectivity index (χ0v) is 18.4. The Hall–Kier alpha value is -3.26. The fraction of sp³-hybridized carbons (Fsp3) is 0.333. The van der Waals surface area contributed by atoms with Crippen molar-refractivity contribution in [2.24, 2.45) is 0 Å². The largest absolute Gasteiger partial charge is 0.338 e. The summed E-state index contributed by atoms with van der Waals surface area (Å²) in [5.41, 5.74) is 4.28. The minimum absolute atomic E-state index is 0.00430. The molecule has 1 spiro atoms. The number of nitrogens with zero attached hydrogens (tertiary/aromatic N) is 4. The van der Waals surface area contributed by atoms with Crippen molar-refractivity contribution >= 4 is 28.3 Å². The highest BCUT2D eigenvalue weighted by Gasteiger charge is 2.41. The minimum Gasteiger partial charge on any atom is -0.338 e. The highest BCUT2D eigenvalue weighted by atomic mass is 32.1. The Labute approximate surface area is 189 Å². The maximum absolute atomic E-state index is 12.4. The van der Waals surface area contributed by atoms with Gasteiger partial charge in [-0.15, -0.1) is 11.3 Å². The lowest BCUT2D eigenvalue weighted by atomic mass is 9.75. The molecule has 2 amide bonds. The monoisotopic (exact) mass is 444 g/mol. The lowest BCUT2D eigenvalue weighted by Gasteiger charge is -2.29. The molecule has 0 radical (unpaired) electrons. The first-order valence-electron chi connectivity index (χ1n) is 11.1. The lowest BCUT2D eigenvalue weighted by Crippen LogP contribution is -2.38. The van der Waals surface area contributed by atoms with Crippen molar-refractivity contribution in [1.82, 2.24) is 30.4 Å². The molecular weight excluding hydrogens is 420 g/mol. The Morgan fingerprint density at radius 3 is 2.97 bits per heavy atom. The van der Waals surface area contributed by atoms with Gasteiger partial charge in [-0.05, 0) is 43.9 Å². The molecule has 1 saturated heterocycles. The van der Waals surface area contributed by atoms with Crippen LogP contribution < -0.4 is 10.6 Å². The predicted octanol–water partition coefficient (Wildman–Crippen LogP) is 4.42. The van der Waals surface area contributed by atoms with E-state index in [1.807, 2.05) is 29.8 Å². The van der Waals surface area contributed by atoms with Crippen LogP contribution in [0.25, 0.3) is 22.2 Å². The number of rotatable bonds is 2. The van der Waals surface area contributed by atoms with Crippen LogP contribution in [0.1, 0.15) is 42.4 Å². The van der Waals surface area contributed by atoms with E-state index in [4.69, 9.17) is 5.10 Å². The summed E-state index contributed by atoms with van der Waals surface area (Å²) in [5.74, 6) is 0. The molecule has 2 N–H and O–H groups in total. The maximum Gasteiger partial charge on any atom is 0.315 e. The summed E-state index contributed by atoms with van der Waals surface area (Å²) in [7, 11) is 0. The van der Waals surface area contributed by atoms with E-state index < -0.39 is 0 Å². The van der Waals surface area contributed by atoms with Crippen LogP contribution in [0, 0.1) is 0 Å². The molecular formula is C24H24N6OS. The molecule has 2 aliphatic heterocycles. The number of urea groups is 1. The third kappa shape index (κ3) is 3.35. The lowest BCUT2D eigenvalue weighted by molar-refractivity contribution is 0.237. The van der Waals surface area contributed by atoms with E-state index in [1.54, 1.807) is 17.5 Å². The summed E-state index contributed by atoms with van der Waals surface area (Å²) < 4.78 is 2.16. The second-order valence-electron chi connectivity index (χ2n) is 8.70. The van der Waals surface area contributed by atoms with Gasteiger partial charge in [0.1, 0.15) is 5.01 Å². The average molecular weight is 445 g/mol. The summed E-state index contributed by atoms with van der Waals surface area (Å²) in [5, 5.41) is 15.1. The Morgan fingerprint density at radius 1 is 1.12 bits per heavy atom. The van der Waals surface area contributed by atoms with Gasteiger partial charge < -0.3 is 10.6 Å². The standard InChI is InChI=1S/C24H24N6OS/c31-23-26-9-7-24(6-5-19(28-23)22-25-10-12-32-22)8-11-30-21(24)14-20(29-30)17-13-16-3-1-2-4-18(16)27-15-17/h1-4,10,12-15,19H,5-9,11H2,(H2,26,28,31). The molecule has 32 heavy (non-hydrogen) atoms. The number of aryl methyl sites for hydroxylation is 1. The van der Waals surface area contributed by atoms with Gasteiger partial charge in [0.2, 0.25) is 0 Å². The zero-order valence-electron chi connectivity index (χ0n) is 17.6. The van der Waals surface area contributed by atoms with Gasteiger partial charge in [-0.3, -0.25) is 9.67 Å². The summed E-state index contributed by atoms with van der Waals surface area (Å²) in [6.45, 7) is 1.55. The molecule has 6 rings (SSSR count). The van der Waals surface area contributed by atoms with Crippen molar-refractivity contribution in [1.29, 1.82) is 0 Å². The maximum atomic E-state index is 12.4. The Morgan fingerprint density at radius 2 is 2.06 bits per heavy atom. The van der Waals surface area contributed by atoms with Gasteiger partial charge >= 0.3 is 6.03 Å². The first-order chi connectivity index (χ1) is 15.7. The van der Waals surface area contributed by atoms with Crippen molar-refractivity contribution in [3.8, 4) is 11.3 Å². The molecule has 3 aromatic heterocycles. The minimum atomic E-state index is -0.114. The number of carbonyl (C=O) groups excluding carboxylic acids is 1. The van der Waals surface area contributed by atoms with Crippen molar-refractivity contribution < 1.29 is 4.79 Å². The molecule has 162 valence electrons. The first-order valence-corrected chi connectivity index (χ1v) is 12.0. The van der Waals surface area contributed by atoms with E-state index in [0.717, 1.165) is 59.4 Å². The number of hydrogen-bond acceptors (Lipinski definition) is 5. The number of hydrogen-bond donors (Lipinski definition) is 2. The Kier molecular flexibility index (Phi) is 4.68. The van der Waals surface area contributed by atoms with Crippen LogP contribution in [0.3, 0.4) is 0 Å². The number of nitrogens with one attached hydrogen (secondary N) is 2. The summed E-state index contributed by atoms with van der Waals surface area (Å²) >= 11 is 1.60. The fourth-order valence-electron chi connectivity index (χ4n) is 5.15. The first kappa shape index (κ1) is 19.4.